The van der Waals surface area contributed by atoms with Crippen molar-refractivity contribution in [2.45, 2.75) is 64.8 Å². The highest BCUT2D eigenvalue weighted by Gasteiger charge is 2.23. The van der Waals surface area contributed by atoms with E-state index >= 15 is 0 Å². The molecule has 1 saturated carbocycles. The molecule has 1 aliphatic carbocycles. The summed E-state index contributed by atoms with van der Waals surface area (Å²) in [6, 6.07) is 0.360. The van der Waals surface area contributed by atoms with E-state index in [4.69, 9.17) is 5.73 Å². The zero-order valence-electron chi connectivity index (χ0n) is 11.4. The summed E-state index contributed by atoms with van der Waals surface area (Å²) in [4.78, 5) is 12.0. The van der Waals surface area contributed by atoms with E-state index in [-0.39, 0.29) is 11.8 Å². The maximum absolute atomic E-state index is 12.0. The zero-order chi connectivity index (χ0) is 12.7. The van der Waals surface area contributed by atoms with Crippen LogP contribution in [-0.2, 0) is 4.79 Å². The van der Waals surface area contributed by atoms with Crippen LogP contribution in [0.25, 0.3) is 0 Å². The number of amides is 1. The van der Waals surface area contributed by atoms with E-state index in [1.807, 2.05) is 0 Å². The van der Waals surface area contributed by atoms with Crippen LogP contribution < -0.4 is 11.1 Å². The van der Waals surface area contributed by atoms with Crippen LogP contribution in [0.3, 0.4) is 0 Å². The second-order valence-corrected chi connectivity index (χ2v) is 5.43. The number of carbonyl (C=O) groups excluding carboxylic acids is 1. The van der Waals surface area contributed by atoms with Crippen LogP contribution in [0.1, 0.15) is 58.8 Å². The van der Waals surface area contributed by atoms with E-state index in [2.05, 4.69) is 19.2 Å². The first-order valence-corrected chi connectivity index (χ1v) is 7.20. The summed E-state index contributed by atoms with van der Waals surface area (Å²) in [5.41, 5.74) is 5.87. The Morgan fingerprint density at radius 1 is 1.41 bits per heavy atom. The molecule has 100 valence electrons. The van der Waals surface area contributed by atoms with E-state index in [0.29, 0.717) is 12.0 Å². The standard InChI is InChI=1S/C14H28N2O/c1-3-5-6-12(4-2)14(17)16-10-11-7-8-13(15)9-11/h11-13H,3-10,15H2,1-2H3,(H,16,17). The molecule has 3 nitrogen and oxygen atoms in total. The summed E-state index contributed by atoms with van der Waals surface area (Å²) < 4.78 is 0. The van der Waals surface area contributed by atoms with Gasteiger partial charge in [0.05, 0.1) is 0 Å². The van der Waals surface area contributed by atoms with Crippen molar-refractivity contribution in [3.63, 3.8) is 0 Å². The van der Waals surface area contributed by atoms with Crippen molar-refractivity contribution in [2.75, 3.05) is 6.54 Å². The van der Waals surface area contributed by atoms with E-state index in [1.54, 1.807) is 0 Å². The Labute approximate surface area is 106 Å². The Kier molecular flexibility index (Phi) is 6.56. The van der Waals surface area contributed by atoms with Gasteiger partial charge in [0, 0.05) is 18.5 Å². The third-order valence-electron chi connectivity index (χ3n) is 3.92. The predicted molar refractivity (Wildman–Crippen MR) is 71.6 cm³/mol. The fourth-order valence-corrected chi connectivity index (χ4v) is 2.66. The monoisotopic (exact) mass is 240 g/mol. The van der Waals surface area contributed by atoms with Crippen molar-refractivity contribution < 1.29 is 4.79 Å². The van der Waals surface area contributed by atoms with Crippen LogP contribution >= 0.6 is 0 Å². The van der Waals surface area contributed by atoms with E-state index in [1.165, 1.54) is 12.8 Å². The molecule has 0 spiro atoms. The van der Waals surface area contributed by atoms with Gasteiger partial charge in [0.25, 0.3) is 0 Å². The normalized spacial score (nSPS) is 25.8. The Bertz CT molecular complexity index is 230. The molecule has 3 unspecified atom stereocenters. The molecule has 0 aromatic rings. The second kappa shape index (κ2) is 7.70. The molecule has 1 aliphatic rings. The number of carbonyl (C=O) groups is 1. The average Bonchev–Trinajstić information content (AvgIpc) is 2.73. The molecule has 3 heteroatoms. The van der Waals surface area contributed by atoms with Crippen molar-refractivity contribution >= 4 is 5.91 Å². The van der Waals surface area contributed by atoms with Crippen molar-refractivity contribution in [3.05, 3.63) is 0 Å². The topological polar surface area (TPSA) is 55.1 Å². The smallest absolute Gasteiger partial charge is 0.223 e. The highest BCUT2D eigenvalue weighted by atomic mass is 16.1. The first-order valence-electron chi connectivity index (χ1n) is 7.20. The second-order valence-electron chi connectivity index (χ2n) is 5.43. The molecule has 0 saturated heterocycles. The van der Waals surface area contributed by atoms with Gasteiger partial charge in [-0.3, -0.25) is 4.79 Å². The highest BCUT2D eigenvalue weighted by Crippen LogP contribution is 2.23. The van der Waals surface area contributed by atoms with Gasteiger partial charge in [0.1, 0.15) is 0 Å². The van der Waals surface area contributed by atoms with Gasteiger partial charge in [-0.25, -0.2) is 0 Å². The Morgan fingerprint density at radius 3 is 2.71 bits per heavy atom. The molecular weight excluding hydrogens is 212 g/mol. The lowest BCUT2D eigenvalue weighted by Gasteiger charge is -2.17. The molecule has 3 N–H and O–H groups in total. The SMILES string of the molecule is CCCCC(CC)C(=O)NCC1CCC(N)C1. The summed E-state index contributed by atoms with van der Waals surface area (Å²) in [5.74, 6) is 1.07. The zero-order valence-corrected chi connectivity index (χ0v) is 11.4. The van der Waals surface area contributed by atoms with Crippen LogP contribution in [0.15, 0.2) is 0 Å². The minimum atomic E-state index is 0.213. The van der Waals surface area contributed by atoms with Crippen LogP contribution in [0.4, 0.5) is 0 Å². The summed E-state index contributed by atoms with van der Waals surface area (Å²) >= 11 is 0. The number of rotatable bonds is 7. The van der Waals surface area contributed by atoms with Gasteiger partial charge in [0.15, 0.2) is 0 Å². The third-order valence-corrected chi connectivity index (χ3v) is 3.92. The van der Waals surface area contributed by atoms with Crippen LogP contribution in [-0.4, -0.2) is 18.5 Å². The predicted octanol–water partition coefficient (Wildman–Crippen LogP) is 2.45. The maximum atomic E-state index is 12.0. The quantitative estimate of drug-likeness (QED) is 0.718. The lowest BCUT2D eigenvalue weighted by atomic mass is 9.98. The minimum absolute atomic E-state index is 0.213. The van der Waals surface area contributed by atoms with Crippen molar-refractivity contribution in [2.24, 2.45) is 17.6 Å². The van der Waals surface area contributed by atoms with Crippen molar-refractivity contribution in [1.29, 1.82) is 0 Å². The third kappa shape index (κ3) is 5.07. The Balaban J connectivity index is 2.22. The Morgan fingerprint density at radius 2 is 2.18 bits per heavy atom. The maximum Gasteiger partial charge on any atom is 0.223 e. The molecule has 3 atom stereocenters. The van der Waals surface area contributed by atoms with Crippen LogP contribution in [0.2, 0.25) is 0 Å². The Hall–Kier alpha value is -0.570. The molecule has 0 aromatic heterocycles. The first kappa shape index (κ1) is 14.5. The molecule has 1 rings (SSSR count). The number of unbranched alkanes of at least 4 members (excludes halogenated alkanes) is 1. The van der Waals surface area contributed by atoms with Gasteiger partial charge in [-0.05, 0) is 38.0 Å². The van der Waals surface area contributed by atoms with Gasteiger partial charge in [0.2, 0.25) is 5.91 Å². The number of hydrogen-bond acceptors (Lipinski definition) is 2. The molecule has 1 amide bonds. The molecule has 0 heterocycles. The van der Waals surface area contributed by atoms with E-state index in [9.17, 15) is 4.79 Å². The molecular formula is C14H28N2O. The van der Waals surface area contributed by atoms with E-state index < -0.39 is 0 Å². The van der Waals surface area contributed by atoms with Crippen LogP contribution in [0.5, 0.6) is 0 Å². The van der Waals surface area contributed by atoms with Crippen LogP contribution in [0, 0.1) is 11.8 Å². The molecule has 0 aromatic carbocycles. The molecule has 0 radical (unpaired) electrons. The van der Waals surface area contributed by atoms with Gasteiger partial charge < -0.3 is 11.1 Å². The fraction of sp³-hybridized carbons (Fsp3) is 0.929. The number of nitrogens with two attached hydrogens (primary N) is 1. The summed E-state index contributed by atoms with van der Waals surface area (Å²) in [6.07, 6.45) is 7.67. The number of hydrogen-bond donors (Lipinski definition) is 2. The number of nitrogens with one attached hydrogen (secondary N) is 1. The molecule has 1 fully saturated rings. The van der Waals surface area contributed by atoms with Crippen molar-refractivity contribution in [3.8, 4) is 0 Å². The summed E-state index contributed by atoms with van der Waals surface area (Å²) in [7, 11) is 0. The molecule has 17 heavy (non-hydrogen) atoms. The van der Waals surface area contributed by atoms with E-state index in [0.717, 1.165) is 38.6 Å². The molecule has 0 bridgehead atoms. The summed E-state index contributed by atoms with van der Waals surface area (Å²) in [6.45, 7) is 5.10. The summed E-state index contributed by atoms with van der Waals surface area (Å²) in [5, 5.41) is 3.11. The lowest BCUT2D eigenvalue weighted by molar-refractivity contribution is -0.125. The molecule has 0 aliphatic heterocycles. The van der Waals surface area contributed by atoms with Crippen molar-refractivity contribution in [1.82, 2.24) is 5.32 Å². The van der Waals surface area contributed by atoms with Gasteiger partial charge >= 0.3 is 0 Å². The highest BCUT2D eigenvalue weighted by molar-refractivity contribution is 5.78. The average molecular weight is 240 g/mol. The largest absolute Gasteiger partial charge is 0.356 e. The lowest BCUT2D eigenvalue weighted by Crippen LogP contribution is -2.34. The van der Waals surface area contributed by atoms with Gasteiger partial charge in [-0.15, -0.1) is 0 Å². The van der Waals surface area contributed by atoms with Gasteiger partial charge in [-0.2, -0.15) is 0 Å². The van der Waals surface area contributed by atoms with Gasteiger partial charge in [-0.1, -0.05) is 26.7 Å². The minimum Gasteiger partial charge on any atom is -0.356 e. The fourth-order valence-electron chi connectivity index (χ4n) is 2.66. The first-order chi connectivity index (χ1) is 8.17.